The van der Waals surface area contributed by atoms with Gasteiger partial charge < -0.3 is 14.0 Å². The molecule has 0 aliphatic heterocycles. The Labute approximate surface area is 235 Å². The first-order chi connectivity index (χ1) is 18.6. The van der Waals surface area contributed by atoms with Crippen LogP contribution in [-0.2, 0) is 27.3 Å². The van der Waals surface area contributed by atoms with Gasteiger partial charge in [0.05, 0.1) is 18.1 Å². The van der Waals surface area contributed by atoms with Crippen LogP contribution in [0.15, 0.2) is 72.8 Å². The summed E-state index contributed by atoms with van der Waals surface area (Å²) in [5.41, 5.74) is 4.63. The van der Waals surface area contributed by atoms with E-state index in [0.29, 0.717) is 18.7 Å². The molecule has 0 fully saturated rings. The predicted octanol–water partition coefficient (Wildman–Crippen LogP) is 6.54. The second-order valence-corrected chi connectivity index (χ2v) is 11.3. The zero-order valence-corrected chi connectivity index (χ0v) is 24.6. The van der Waals surface area contributed by atoms with E-state index in [9.17, 15) is 14.1 Å². The van der Waals surface area contributed by atoms with Gasteiger partial charge in [-0.3, -0.25) is 4.79 Å². The van der Waals surface area contributed by atoms with Gasteiger partial charge in [0.2, 0.25) is 0 Å². The van der Waals surface area contributed by atoms with Crippen LogP contribution in [0.1, 0.15) is 67.5 Å². The standard InChI is InChI=1S/C32H41NO5S/c1-7-14-29(34)25(5)32(35)37-31(28-17-12-9-13-18-28)26(6)33(21-27-15-10-8-11-16-27)39(36)38-30-23(3)19-22(2)20-24(30)4/h8-13,15-20,25-26,29,31,34H,7,14,21H2,1-6H3/t25-,26+,29-,31+,39?/m1/s1. The van der Waals surface area contributed by atoms with Crippen molar-refractivity contribution in [3.05, 3.63) is 101 Å². The zero-order chi connectivity index (χ0) is 28.5. The van der Waals surface area contributed by atoms with Crippen LogP contribution >= 0.6 is 0 Å². The van der Waals surface area contributed by atoms with Gasteiger partial charge in [-0.1, -0.05) is 91.7 Å². The Morgan fingerprint density at radius 1 is 0.949 bits per heavy atom. The molecule has 7 heteroatoms. The molecule has 0 amide bonds. The highest BCUT2D eigenvalue weighted by molar-refractivity contribution is 7.78. The van der Waals surface area contributed by atoms with Gasteiger partial charge in [-0.25, -0.2) is 0 Å². The summed E-state index contributed by atoms with van der Waals surface area (Å²) in [6.45, 7) is 11.7. The second kappa shape index (κ2) is 14.4. The van der Waals surface area contributed by atoms with Crippen molar-refractivity contribution in [1.29, 1.82) is 0 Å². The molecular weight excluding hydrogens is 510 g/mol. The number of carbonyl (C=O) groups is 1. The molecule has 0 aliphatic rings. The van der Waals surface area contributed by atoms with Crippen molar-refractivity contribution >= 4 is 17.2 Å². The average molecular weight is 552 g/mol. The summed E-state index contributed by atoms with van der Waals surface area (Å²) in [4.78, 5) is 13.2. The molecule has 3 rings (SSSR count). The van der Waals surface area contributed by atoms with E-state index < -0.39 is 41.4 Å². The van der Waals surface area contributed by atoms with E-state index in [1.807, 2.05) is 107 Å². The van der Waals surface area contributed by atoms with Crippen molar-refractivity contribution in [2.45, 2.75) is 79.2 Å². The molecule has 1 unspecified atom stereocenters. The van der Waals surface area contributed by atoms with Crippen molar-refractivity contribution in [3.63, 3.8) is 0 Å². The first kappa shape index (κ1) is 30.5. The fourth-order valence-electron chi connectivity index (χ4n) is 4.69. The van der Waals surface area contributed by atoms with Crippen LogP contribution in [0.25, 0.3) is 0 Å². The number of hydrogen-bond acceptors (Lipinski definition) is 5. The lowest BCUT2D eigenvalue weighted by atomic mass is 9.99. The fraction of sp³-hybridized carbons (Fsp3) is 0.406. The molecule has 0 saturated heterocycles. The van der Waals surface area contributed by atoms with Crippen LogP contribution in [0.5, 0.6) is 5.75 Å². The number of nitrogens with zero attached hydrogens (tertiary/aromatic N) is 1. The molecule has 5 atom stereocenters. The summed E-state index contributed by atoms with van der Waals surface area (Å²) >= 11 is -1.91. The molecule has 0 bridgehead atoms. The van der Waals surface area contributed by atoms with Crippen molar-refractivity contribution in [1.82, 2.24) is 4.31 Å². The fourth-order valence-corrected chi connectivity index (χ4v) is 5.83. The van der Waals surface area contributed by atoms with Crippen LogP contribution in [0.2, 0.25) is 0 Å². The van der Waals surface area contributed by atoms with E-state index in [1.165, 1.54) is 0 Å². The number of esters is 1. The van der Waals surface area contributed by atoms with Crippen LogP contribution in [-0.4, -0.2) is 31.7 Å². The molecule has 39 heavy (non-hydrogen) atoms. The highest BCUT2D eigenvalue weighted by Gasteiger charge is 2.35. The molecule has 3 aromatic rings. The van der Waals surface area contributed by atoms with Gasteiger partial charge in [0, 0.05) is 6.54 Å². The zero-order valence-electron chi connectivity index (χ0n) is 23.8. The lowest BCUT2D eigenvalue weighted by Crippen LogP contribution is -2.42. The van der Waals surface area contributed by atoms with E-state index in [-0.39, 0.29) is 0 Å². The molecule has 0 radical (unpaired) electrons. The Balaban J connectivity index is 1.98. The number of aryl methyl sites for hydroxylation is 3. The Morgan fingerprint density at radius 3 is 2.08 bits per heavy atom. The van der Waals surface area contributed by atoms with Crippen LogP contribution in [0.3, 0.4) is 0 Å². The van der Waals surface area contributed by atoms with Gasteiger partial charge in [0.15, 0.2) is 0 Å². The van der Waals surface area contributed by atoms with Crippen LogP contribution in [0.4, 0.5) is 0 Å². The van der Waals surface area contributed by atoms with Crippen molar-refractivity contribution in [3.8, 4) is 5.75 Å². The number of aliphatic hydroxyl groups is 1. The smallest absolute Gasteiger partial charge is 0.311 e. The predicted molar refractivity (Wildman–Crippen MR) is 156 cm³/mol. The largest absolute Gasteiger partial charge is 0.455 e. The summed E-state index contributed by atoms with van der Waals surface area (Å²) in [6.07, 6.45) is -0.267. The Hall–Kier alpha value is -3.00. The monoisotopic (exact) mass is 551 g/mol. The van der Waals surface area contributed by atoms with Crippen LogP contribution in [0, 0.1) is 26.7 Å². The quantitative estimate of drug-likeness (QED) is 0.244. The summed E-state index contributed by atoms with van der Waals surface area (Å²) in [5, 5.41) is 10.5. The van der Waals surface area contributed by atoms with Crippen LogP contribution < -0.4 is 4.18 Å². The highest BCUT2D eigenvalue weighted by Crippen LogP contribution is 2.31. The molecular formula is C32H41NO5S. The maximum atomic E-state index is 13.9. The summed E-state index contributed by atoms with van der Waals surface area (Å²) in [7, 11) is 0. The van der Waals surface area contributed by atoms with E-state index in [1.54, 1.807) is 11.2 Å². The average Bonchev–Trinajstić information content (AvgIpc) is 2.92. The first-order valence-corrected chi connectivity index (χ1v) is 14.6. The van der Waals surface area contributed by atoms with E-state index in [0.717, 1.165) is 34.2 Å². The molecule has 210 valence electrons. The first-order valence-electron chi connectivity index (χ1n) is 13.5. The van der Waals surface area contributed by atoms with Gasteiger partial charge >= 0.3 is 5.97 Å². The molecule has 0 spiro atoms. The molecule has 6 nitrogen and oxygen atoms in total. The Bertz CT molecular complexity index is 1210. The molecule has 0 saturated carbocycles. The van der Waals surface area contributed by atoms with Gasteiger partial charge in [-0.15, -0.1) is 0 Å². The lowest BCUT2D eigenvalue weighted by molar-refractivity contribution is -0.160. The number of aliphatic hydroxyl groups excluding tert-OH is 1. The number of benzene rings is 3. The minimum absolute atomic E-state index is 0.313. The molecule has 1 N–H and O–H groups in total. The number of carbonyl (C=O) groups excluding carboxylic acids is 1. The summed E-state index contributed by atoms with van der Waals surface area (Å²) in [6, 6.07) is 22.6. The third kappa shape index (κ3) is 8.24. The van der Waals surface area contributed by atoms with Crippen molar-refractivity contribution in [2.24, 2.45) is 5.92 Å². The van der Waals surface area contributed by atoms with Crippen molar-refractivity contribution < 1.29 is 23.0 Å². The van der Waals surface area contributed by atoms with Gasteiger partial charge in [0.25, 0.3) is 11.3 Å². The molecule has 3 aromatic carbocycles. The second-order valence-electron chi connectivity index (χ2n) is 10.2. The van der Waals surface area contributed by atoms with Crippen molar-refractivity contribution in [2.75, 3.05) is 0 Å². The third-order valence-electron chi connectivity index (χ3n) is 6.93. The summed E-state index contributed by atoms with van der Waals surface area (Å²) < 4.78 is 27.8. The number of ether oxygens (including phenoxy) is 1. The van der Waals surface area contributed by atoms with E-state index in [4.69, 9.17) is 8.92 Å². The van der Waals surface area contributed by atoms with Gasteiger partial charge in [-0.2, -0.15) is 8.51 Å². The minimum atomic E-state index is -1.91. The lowest BCUT2D eigenvalue weighted by Gasteiger charge is -2.34. The maximum Gasteiger partial charge on any atom is 0.311 e. The number of rotatable bonds is 13. The third-order valence-corrected chi connectivity index (χ3v) is 8.08. The van der Waals surface area contributed by atoms with E-state index in [2.05, 4.69) is 0 Å². The van der Waals surface area contributed by atoms with E-state index >= 15 is 0 Å². The van der Waals surface area contributed by atoms with Gasteiger partial charge in [0.1, 0.15) is 11.9 Å². The SMILES string of the molecule is CCC[C@@H](O)[C@@H](C)C(=O)O[C@H](c1ccccc1)[C@H](C)N(Cc1ccccc1)S(=O)Oc1c(C)cc(C)cc1C. The highest BCUT2D eigenvalue weighted by atomic mass is 32.2. The minimum Gasteiger partial charge on any atom is -0.455 e. The Kier molecular flexibility index (Phi) is 11.3. The molecule has 0 aliphatic carbocycles. The van der Waals surface area contributed by atoms with Gasteiger partial charge in [-0.05, 0) is 63.3 Å². The normalized spacial score (nSPS) is 15.3. The number of hydrogen-bond donors (Lipinski definition) is 1. The maximum absolute atomic E-state index is 13.9. The molecule has 0 aromatic heterocycles. The molecule has 0 heterocycles. The summed E-state index contributed by atoms with van der Waals surface area (Å²) in [5.74, 6) is -0.604. The topological polar surface area (TPSA) is 76.1 Å². The Morgan fingerprint density at radius 2 is 1.51 bits per heavy atom.